The number of likely N-dealkylation sites (tertiary alicyclic amines) is 2. The van der Waals surface area contributed by atoms with E-state index in [9.17, 15) is 14.4 Å². The van der Waals surface area contributed by atoms with Crippen molar-refractivity contribution in [2.24, 2.45) is 5.92 Å². The second kappa shape index (κ2) is 8.21. The Hall–Kier alpha value is -2.57. The summed E-state index contributed by atoms with van der Waals surface area (Å²) in [5, 5.41) is 11.8. The molecule has 140 valence electrons. The van der Waals surface area contributed by atoms with E-state index in [0.717, 1.165) is 38.8 Å². The van der Waals surface area contributed by atoms with Crippen LogP contribution in [0.15, 0.2) is 24.3 Å². The topological polar surface area (TPSA) is 90.0 Å². The number of benzene rings is 1. The van der Waals surface area contributed by atoms with Crippen molar-refractivity contribution in [3.63, 3.8) is 0 Å². The van der Waals surface area contributed by atoms with E-state index in [0.29, 0.717) is 24.3 Å². The standard InChI is InChI=1S/C19H25N3O4/c23-17(24)12-14-5-3-7-16(11-14)20-18(25)15-6-4-10-22(13-15)19(26)21-8-1-2-9-21/h3,5,7,11,15H,1-2,4,6,8-10,12-13H2,(H,20,25)(H,23,24). The highest BCUT2D eigenvalue weighted by Crippen LogP contribution is 2.21. The van der Waals surface area contributed by atoms with Crippen LogP contribution in [0.25, 0.3) is 0 Å². The minimum atomic E-state index is -0.906. The van der Waals surface area contributed by atoms with Crippen molar-refractivity contribution in [2.45, 2.75) is 32.1 Å². The lowest BCUT2D eigenvalue weighted by atomic mass is 9.97. The second-order valence-electron chi connectivity index (χ2n) is 7.02. The van der Waals surface area contributed by atoms with Crippen molar-refractivity contribution in [3.8, 4) is 0 Å². The largest absolute Gasteiger partial charge is 0.481 e. The highest BCUT2D eigenvalue weighted by molar-refractivity contribution is 5.93. The molecule has 7 nitrogen and oxygen atoms in total. The number of piperidine rings is 1. The maximum atomic E-state index is 12.6. The van der Waals surface area contributed by atoms with E-state index < -0.39 is 5.97 Å². The van der Waals surface area contributed by atoms with Gasteiger partial charge >= 0.3 is 12.0 Å². The summed E-state index contributed by atoms with van der Waals surface area (Å²) in [6.45, 7) is 2.76. The molecule has 2 saturated heterocycles. The lowest BCUT2D eigenvalue weighted by Crippen LogP contribution is -2.48. The zero-order valence-electron chi connectivity index (χ0n) is 14.8. The first kappa shape index (κ1) is 18.2. The lowest BCUT2D eigenvalue weighted by Gasteiger charge is -2.34. The lowest BCUT2D eigenvalue weighted by molar-refractivity contribution is -0.136. The summed E-state index contributed by atoms with van der Waals surface area (Å²) in [7, 11) is 0. The van der Waals surface area contributed by atoms with Crippen LogP contribution in [-0.4, -0.2) is 59.0 Å². The van der Waals surface area contributed by atoms with Gasteiger partial charge in [-0.05, 0) is 43.4 Å². The van der Waals surface area contributed by atoms with Crippen LogP contribution in [0.4, 0.5) is 10.5 Å². The van der Waals surface area contributed by atoms with Crippen molar-refractivity contribution < 1.29 is 19.5 Å². The van der Waals surface area contributed by atoms with Crippen LogP contribution in [0.1, 0.15) is 31.2 Å². The van der Waals surface area contributed by atoms with Gasteiger partial charge in [0.1, 0.15) is 0 Å². The molecule has 2 N–H and O–H groups in total. The van der Waals surface area contributed by atoms with Crippen LogP contribution < -0.4 is 5.32 Å². The number of urea groups is 1. The zero-order chi connectivity index (χ0) is 18.5. The van der Waals surface area contributed by atoms with Gasteiger partial charge in [0.15, 0.2) is 0 Å². The van der Waals surface area contributed by atoms with Gasteiger partial charge < -0.3 is 20.2 Å². The third-order valence-corrected chi connectivity index (χ3v) is 4.99. The van der Waals surface area contributed by atoms with Gasteiger partial charge in [0.2, 0.25) is 5.91 Å². The van der Waals surface area contributed by atoms with Gasteiger partial charge in [-0.3, -0.25) is 9.59 Å². The number of carboxylic acids is 1. The molecule has 0 bridgehead atoms. The molecule has 1 unspecified atom stereocenters. The van der Waals surface area contributed by atoms with Crippen LogP contribution in [0.5, 0.6) is 0 Å². The third-order valence-electron chi connectivity index (χ3n) is 4.99. The number of carbonyl (C=O) groups excluding carboxylic acids is 2. The van der Waals surface area contributed by atoms with E-state index in [1.807, 2.05) is 4.90 Å². The number of rotatable bonds is 4. The normalized spacial score (nSPS) is 20.1. The number of carbonyl (C=O) groups is 3. The molecule has 1 aromatic carbocycles. The molecule has 3 rings (SSSR count). The molecular weight excluding hydrogens is 334 g/mol. The molecule has 0 aromatic heterocycles. The van der Waals surface area contributed by atoms with E-state index in [-0.39, 0.29) is 24.3 Å². The minimum absolute atomic E-state index is 0.0449. The summed E-state index contributed by atoms with van der Waals surface area (Å²) in [4.78, 5) is 39.6. The zero-order valence-corrected chi connectivity index (χ0v) is 14.8. The number of hydrogen-bond donors (Lipinski definition) is 2. The average molecular weight is 359 g/mol. The van der Waals surface area contributed by atoms with Gasteiger partial charge in [-0.15, -0.1) is 0 Å². The van der Waals surface area contributed by atoms with Gasteiger partial charge in [-0.1, -0.05) is 12.1 Å². The van der Waals surface area contributed by atoms with E-state index in [1.165, 1.54) is 0 Å². The molecule has 3 amide bonds. The molecule has 7 heteroatoms. The fourth-order valence-corrected chi connectivity index (χ4v) is 3.65. The Morgan fingerprint density at radius 2 is 1.81 bits per heavy atom. The maximum absolute atomic E-state index is 12.6. The van der Waals surface area contributed by atoms with E-state index in [4.69, 9.17) is 5.11 Å². The SMILES string of the molecule is O=C(O)Cc1cccc(NC(=O)C2CCCN(C(=O)N3CCCC3)C2)c1. The predicted molar refractivity (Wildman–Crippen MR) is 96.9 cm³/mol. The molecule has 0 aliphatic carbocycles. The number of nitrogens with one attached hydrogen (secondary N) is 1. The van der Waals surface area contributed by atoms with Gasteiger partial charge in [-0.2, -0.15) is 0 Å². The summed E-state index contributed by atoms with van der Waals surface area (Å²) in [6.07, 6.45) is 3.60. The third kappa shape index (κ3) is 4.53. The fourth-order valence-electron chi connectivity index (χ4n) is 3.65. The van der Waals surface area contributed by atoms with Gasteiger partial charge in [0.25, 0.3) is 0 Å². The summed E-state index contributed by atoms with van der Waals surface area (Å²) in [6, 6.07) is 6.93. The summed E-state index contributed by atoms with van der Waals surface area (Å²) >= 11 is 0. The summed E-state index contributed by atoms with van der Waals surface area (Å²) < 4.78 is 0. The van der Waals surface area contributed by atoms with Crippen LogP contribution >= 0.6 is 0 Å². The van der Waals surface area contributed by atoms with Crippen molar-refractivity contribution in [1.82, 2.24) is 9.80 Å². The Labute approximate surface area is 153 Å². The number of nitrogens with zero attached hydrogens (tertiary/aromatic N) is 2. The van der Waals surface area contributed by atoms with Crippen molar-refractivity contribution in [2.75, 3.05) is 31.5 Å². The Morgan fingerprint density at radius 1 is 1.08 bits per heavy atom. The van der Waals surface area contributed by atoms with Crippen LogP contribution in [0, 0.1) is 5.92 Å². The molecule has 2 fully saturated rings. The van der Waals surface area contributed by atoms with E-state index in [1.54, 1.807) is 29.2 Å². The first-order chi connectivity index (χ1) is 12.5. The van der Waals surface area contributed by atoms with Crippen molar-refractivity contribution in [3.05, 3.63) is 29.8 Å². The van der Waals surface area contributed by atoms with Crippen LogP contribution in [0.3, 0.4) is 0 Å². The first-order valence-corrected chi connectivity index (χ1v) is 9.18. The van der Waals surface area contributed by atoms with Crippen LogP contribution in [-0.2, 0) is 16.0 Å². The molecule has 26 heavy (non-hydrogen) atoms. The van der Waals surface area contributed by atoms with E-state index >= 15 is 0 Å². The number of aliphatic carboxylic acids is 1. The Bertz CT molecular complexity index is 685. The molecule has 2 aliphatic heterocycles. The fraction of sp³-hybridized carbons (Fsp3) is 0.526. The molecule has 1 atom stereocenters. The highest BCUT2D eigenvalue weighted by atomic mass is 16.4. The second-order valence-corrected chi connectivity index (χ2v) is 7.02. The van der Waals surface area contributed by atoms with Gasteiger partial charge in [-0.25, -0.2) is 4.79 Å². The quantitative estimate of drug-likeness (QED) is 0.862. The number of anilines is 1. The Balaban J connectivity index is 1.59. The molecule has 1 aromatic rings. The monoisotopic (exact) mass is 359 g/mol. The summed E-state index contributed by atoms with van der Waals surface area (Å²) in [5.41, 5.74) is 1.24. The highest BCUT2D eigenvalue weighted by Gasteiger charge is 2.31. The molecule has 0 radical (unpaired) electrons. The van der Waals surface area contributed by atoms with Gasteiger partial charge in [0, 0.05) is 31.9 Å². The Kier molecular flexibility index (Phi) is 5.75. The smallest absolute Gasteiger partial charge is 0.320 e. The molecule has 2 heterocycles. The maximum Gasteiger partial charge on any atom is 0.320 e. The molecule has 0 spiro atoms. The number of amides is 3. The minimum Gasteiger partial charge on any atom is -0.481 e. The van der Waals surface area contributed by atoms with Crippen molar-refractivity contribution in [1.29, 1.82) is 0 Å². The first-order valence-electron chi connectivity index (χ1n) is 9.18. The predicted octanol–water partition coefficient (Wildman–Crippen LogP) is 2.18. The molecule has 0 saturated carbocycles. The Morgan fingerprint density at radius 3 is 2.54 bits per heavy atom. The number of hydrogen-bond acceptors (Lipinski definition) is 3. The molecular formula is C19H25N3O4. The number of carboxylic acid groups (broad SMARTS) is 1. The van der Waals surface area contributed by atoms with Gasteiger partial charge in [0.05, 0.1) is 12.3 Å². The van der Waals surface area contributed by atoms with Crippen LogP contribution in [0.2, 0.25) is 0 Å². The molecule has 2 aliphatic rings. The average Bonchev–Trinajstić information content (AvgIpc) is 3.15. The van der Waals surface area contributed by atoms with E-state index in [2.05, 4.69) is 5.32 Å². The van der Waals surface area contributed by atoms with Crippen molar-refractivity contribution >= 4 is 23.6 Å². The summed E-state index contributed by atoms with van der Waals surface area (Å²) in [5.74, 6) is -1.26.